The lowest BCUT2D eigenvalue weighted by atomic mass is 9.98. The Morgan fingerprint density at radius 1 is 0.917 bits per heavy atom. The van der Waals surface area contributed by atoms with Gasteiger partial charge in [0.05, 0.1) is 0 Å². The van der Waals surface area contributed by atoms with E-state index < -0.39 is 0 Å². The van der Waals surface area contributed by atoms with E-state index in [4.69, 9.17) is 5.73 Å². The fraction of sp³-hybridized carbons (Fsp3) is 0.136. The number of aryl methyl sites for hydroxylation is 1. The molecule has 0 saturated carbocycles. The van der Waals surface area contributed by atoms with E-state index in [1.54, 1.807) is 6.20 Å². The van der Waals surface area contributed by atoms with Crippen molar-refractivity contribution in [3.05, 3.63) is 83.2 Å². The van der Waals surface area contributed by atoms with E-state index in [1.807, 2.05) is 42.5 Å². The molecule has 2 N–H and O–H groups in total. The molecule has 0 fully saturated rings. The van der Waals surface area contributed by atoms with Gasteiger partial charge in [0.25, 0.3) is 0 Å². The molecule has 0 atom stereocenters. The van der Waals surface area contributed by atoms with E-state index in [-0.39, 0.29) is 0 Å². The third-order valence-corrected chi connectivity index (χ3v) is 4.51. The zero-order valence-corrected chi connectivity index (χ0v) is 13.4. The molecule has 2 nitrogen and oxygen atoms in total. The summed E-state index contributed by atoms with van der Waals surface area (Å²) < 4.78 is 0. The predicted octanol–water partition coefficient (Wildman–Crippen LogP) is 4.22. The lowest BCUT2D eigenvalue weighted by Crippen LogP contribution is -1.97. The molecule has 0 saturated heterocycles. The molecule has 0 amide bonds. The third kappa shape index (κ3) is 2.77. The number of benzene rings is 2. The maximum absolute atomic E-state index is 6.43. The van der Waals surface area contributed by atoms with Gasteiger partial charge in [-0.3, -0.25) is 0 Å². The molecule has 3 aromatic rings. The second-order valence-electron chi connectivity index (χ2n) is 6.06. The van der Waals surface area contributed by atoms with Gasteiger partial charge in [-0.1, -0.05) is 36.3 Å². The Bertz CT molecular complexity index is 947. The number of hydrogen-bond donors (Lipinski definition) is 1. The van der Waals surface area contributed by atoms with Gasteiger partial charge in [-0.2, -0.15) is 0 Å². The van der Waals surface area contributed by atoms with Crippen molar-refractivity contribution >= 4 is 5.69 Å². The van der Waals surface area contributed by atoms with Crippen LogP contribution in [0.1, 0.15) is 28.8 Å². The highest BCUT2D eigenvalue weighted by Gasteiger charge is 2.16. The van der Waals surface area contributed by atoms with Crippen molar-refractivity contribution in [3.8, 4) is 23.0 Å². The predicted molar refractivity (Wildman–Crippen MR) is 98.5 cm³/mol. The van der Waals surface area contributed by atoms with E-state index in [1.165, 1.54) is 17.5 Å². The minimum absolute atomic E-state index is 0.760. The highest BCUT2D eigenvalue weighted by molar-refractivity contribution is 5.80. The van der Waals surface area contributed by atoms with E-state index in [2.05, 4.69) is 29.0 Å². The van der Waals surface area contributed by atoms with Crippen molar-refractivity contribution < 1.29 is 0 Å². The molecule has 1 heterocycles. The average molecular weight is 310 g/mol. The number of pyridine rings is 1. The van der Waals surface area contributed by atoms with Crippen molar-refractivity contribution in [1.29, 1.82) is 0 Å². The van der Waals surface area contributed by atoms with Gasteiger partial charge in [0, 0.05) is 23.0 Å². The van der Waals surface area contributed by atoms with Gasteiger partial charge in [0.15, 0.2) is 0 Å². The summed E-state index contributed by atoms with van der Waals surface area (Å²) in [7, 11) is 0. The van der Waals surface area contributed by atoms with Crippen LogP contribution in [0, 0.1) is 11.8 Å². The first-order valence-electron chi connectivity index (χ1n) is 8.25. The fourth-order valence-electron chi connectivity index (χ4n) is 3.27. The smallest absolute Gasteiger partial charge is 0.114 e. The fourth-order valence-corrected chi connectivity index (χ4v) is 3.27. The molecular formula is C22H18N2. The Labute approximate surface area is 142 Å². The molecule has 2 heteroatoms. The third-order valence-electron chi connectivity index (χ3n) is 4.51. The van der Waals surface area contributed by atoms with Crippen LogP contribution in [0.3, 0.4) is 0 Å². The van der Waals surface area contributed by atoms with Crippen molar-refractivity contribution in [2.75, 3.05) is 5.73 Å². The first-order valence-corrected chi connectivity index (χ1v) is 8.25. The standard InChI is InChI=1S/C22H18N2/c23-22-20-8-4-7-17(20)10-12-21(22)18-13-14-24-19(15-18)11-9-16-5-2-1-3-6-16/h1-3,5-6,10,12-15H,4,7-8,23H2. The van der Waals surface area contributed by atoms with Crippen LogP contribution in [0.25, 0.3) is 11.1 Å². The molecule has 1 aliphatic carbocycles. The second kappa shape index (κ2) is 6.22. The second-order valence-corrected chi connectivity index (χ2v) is 6.06. The molecule has 0 aliphatic heterocycles. The summed E-state index contributed by atoms with van der Waals surface area (Å²) in [6.45, 7) is 0. The van der Waals surface area contributed by atoms with Crippen LogP contribution >= 0.6 is 0 Å². The quantitative estimate of drug-likeness (QED) is 0.540. The molecular weight excluding hydrogens is 292 g/mol. The van der Waals surface area contributed by atoms with Crippen LogP contribution < -0.4 is 5.73 Å². The van der Waals surface area contributed by atoms with Crippen molar-refractivity contribution in [2.24, 2.45) is 0 Å². The molecule has 24 heavy (non-hydrogen) atoms. The maximum atomic E-state index is 6.43. The summed E-state index contributed by atoms with van der Waals surface area (Å²) in [5, 5.41) is 0. The molecule has 0 bridgehead atoms. The van der Waals surface area contributed by atoms with Crippen LogP contribution in [-0.2, 0) is 12.8 Å². The lowest BCUT2D eigenvalue weighted by Gasteiger charge is -2.11. The summed E-state index contributed by atoms with van der Waals surface area (Å²) in [6, 6.07) is 18.3. The molecule has 0 radical (unpaired) electrons. The molecule has 2 aromatic carbocycles. The molecule has 1 aliphatic rings. The minimum Gasteiger partial charge on any atom is -0.398 e. The van der Waals surface area contributed by atoms with Crippen LogP contribution in [0.15, 0.2) is 60.8 Å². The van der Waals surface area contributed by atoms with Crippen molar-refractivity contribution in [1.82, 2.24) is 4.98 Å². The summed E-state index contributed by atoms with van der Waals surface area (Å²) in [5.41, 5.74) is 14.0. The van der Waals surface area contributed by atoms with Crippen LogP contribution in [0.2, 0.25) is 0 Å². The number of aromatic nitrogens is 1. The van der Waals surface area contributed by atoms with E-state index in [9.17, 15) is 0 Å². The molecule has 4 rings (SSSR count). The minimum atomic E-state index is 0.760. The SMILES string of the molecule is Nc1c(-c2ccnc(C#Cc3ccccc3)c2)ccc2c1CCC2. The lowest BCUT2D eigenvalue weighted by molar-refractivity contribution is 0.912. The van der Waals surface area contributed by atoms with Gasteiger partial charge in [0.2, 0.25) is 0 Å². The number of hydrogen-bond acceptors (Lipinski definition) is 2. The van der Waals surface area contributed by atoms with E-state index in [0.717, 1.165) is 40.9 Å². The van der Waals surface area contributed by atoms with Crippen LogP contribution in [0.5, 0.6) is 0 Å². The number of nitrogen functional groups attached to an aromatic ring is 1. The molecule has 116 valence electrons. The molecule has 0 spiro atoms. The topological polar surface area (TPSA) is 38.9 Å². The van der Waals surface area contributed by atoms with Gasteiger partial charge < -0.3 is 5.73 Å². The number of rotatable bonds is 1. The summed E-state index contributed by atoms with van der Waals surface area (Å²) in [5.74, 6) is 6.29. The van der Waals surface area contributed by atoms with E-state index in [0.29, 0.717) is 0 Å². The Morgan fingerprint density at radius 2 is 1.79 bits per heavy atom. The number of nitrogens with two attached hydrogens (primary N) is 1. The summed E-state index contributed by atoms with van der Waals surface area (Å²) in [4.78, 5) is 4.37. The van der Waals surface area contributed by atoms with Crippen LogP contribution in [-0.4, -0.2) is 4.98 Å². The van der Waals surface area contributed by atoms with Crippen LogP contribution in [0.4, 0.5) is 5.69 Å². The van der Waals surface area contributed by atoms with Gasteiger partial charge >= 0.3 is 0 Å². The number of fused-ring (bicyclic) bond motifs is 1. The Morgan fingerprint density at radius 3 is 2.67 bits per heavy atom. The highest BCUT2D eigenvalue weighted by atomic mass is 14.7. The number of anilines is 1. The number of nitrogens with zero attached hydrogens (tertiary/aromatic N) is 1. The summed E-state index contributed by atoms with van der Waals surface area (Å²) >= 11 is 0. The first kappa shape index (κ1) is 14.5. The Hall–Kier alpha value is -3.05. The monoisotopic (exact) mass is 310 g/mol. The normalized spacial score (nSPS) is 12.3. The molecule has 0 unspecified atom stereocenters. The zero-order chi connectivity index (χ0) is 16.4. The highest BCUT2D eigenvalue weighted by Crippen LogP contribution is 2.35. The Balaban J connectivity index is 1.70. The maximum Gasteiger partial charge on any atom is 0.114 e. The zero-order valence-electron chi connectivity index (χ0n) is 13.4. The van der Waals surface area contributed by atoms with Gasteiger partial charge in [-0.15, -0.1) is 0 Å². The van der Waals surface area contributed by atoms with Crippen molar-refractivity contribution in [2.45, 2.75) is 19.3 Å². The van der Waals surface area contributed by atoms with E-state index >= 15 is 0 Å². The average Bonchev–Trinajstić information content (AvgIpc) is 3.11. The van der Waals surface area contributed by atoms with Gasteiger partial charge in [0.1, 0.15) is 5.69 Å². The Kier molecular flexibility index (Phi) is 3.76. The van der Waals surface area contributed by atoms with Gasteiger partial charge in [-0.05, 0) is 66.1 Å². The largest absolute Gasteiger partial charge is 0.398 e. The van der Waals surface area contributed by atoms with Gasteiger partial charge in [-0.25, -0.2) is 4.98 Å². The van der Waals surface area contributed by atoms with Crippen molar-refractivity contribution in [3.63, 3.8) is 0 Å². The molecule has 1 aromatic heterocycles. The first-order chi connectivity index (χ1) is 11.8. The summed E-state index contributed by atoms with van der Waals surface area (Å²) in [6.07, 6.45) is 5.23.